The topological polar surface area (TPSA) is 60.8 Å². The Labute approximate surface area is 87.8 Å². The summed E-state index contributed by atoms with van der Waals surface area (Å²) in [5.41, 5.74) is 2.15. The maximum absolute atomic E-state index is 10.6. The van der Waals surface area contributed by atoms with Crippen LogP contribution in [-0.2, 0) is 11.3 Å². The van der Waals surface area contributed by atoms with Crippen LogP contribution in [0.3, 0.4) is 0 Å². The number of hydrogen-bond acceptors (Lipinski definition) is 3. The molecular formula is C11H13NO3. The van der Waals surface area contributed by atoms with E-state index in [0.717, 1.165) is 11.1 Å². The molecule has 0 radical (unpaired) electrons. The summed E-state index contributed by atoms with van der Waals surface area (Å²) in [5, 5.41) is 18.0. The van der Waals surface area contributed by atoms with E-state index >= 15 is 0 Å². The largest absolute Gasteiger partial charge is 0.480 e. The Morgan fingerprint density at radius 3 is 2.87 bits per heavy atom. The van der Waals surface area contributed by atoms with E-state index in [9.17, 15) is 9.90 Å². The number of aliphatic carboxylic acids is 1. The molecule has 1 aliphatic rings. The number of benzene rings is 1. The van der Waals surface area contributed by atoms with Crippen molar-refractivity contribution in [3.05, 3.63) is 35.4 Å². The van der Waals surface area contributed by atoms with E-state index in [1.54, 1.807) is 4.90 Å². The summed E-state index contributed by atoms with van der Waals surface area (Å²) in [6.07, 6.45) is 0. The van der Waals surface area contributed by atoms with Gasteiger partial charge < -0.3 is 10.2 Å². The van der Waals surface area contributed by atoms with Gasteiger partial charge in [-0.2, -0.15) is 0 Å². The fourth-order valence-electron chi connectivity index (χ4n) is 2.08. The van der Waals surface area contributed by atoms with Gasteiger partial charge in [-0.15, -0.1) is 0 Å². The molecule has 1 aliphatic heterocycles. The first-order valence-corrected chi connectivity index (χ1v) is 4.87. The SMILES string of the molecule is O=C(O)CN1Cc2ccccc2C1CO. The highest BCUT2D eigenvalue weighted by Crippen LogP contribution is 2.32. The molecule has 15 heavy (non-hydrogen) atoms. The van der Waals surface area contributed by atoms with Crippen molar-refractivity contribution in [1.82, 2.24) is 4.90 Å². The van der Waals surface area contributed by atoms with Crippen LogP contribution in [0.25, 0.3) is 0 Å². The molecule has 4 nitrogen and oxygen atoms in total. The smallest absolute Gasteiger partial charge is 0.317 e. The molecule has 2 N–H and O–H groups in total. The maximum Gasteiger partial charge on any atom is 0.317 e. The second-order valence-corrected chi connectivity index (χ2v) is 3.70. The van der Waals surface area contributed by atoms with Gasteiger partial charge in [-0.3, -0.25) is 9.69 Å². The van der Waals surface area contributed by atoms with E-state index in [1.165, 1.54) is 0 Å². The molecule has 0 spiro atoms. The van der Waals surface area contributed by atoms with Gasteiger partial charge in [0.25, 0.3) is 0 Å². The van der Waals surface area contributed by atoms with E-state index in [1.807, 2.05) is 24.3 Å². The standard InChI is InChI=1S/C11H13NO3/c13-7-10-9-4-2-1-3-8(9)5-12(10)6-11(14)15/h1-4,10,13H,5-7H2,(H,14,15). The molecule has 0 aromatic heterocycles. The minimum Gasteiger partial charge on any atom is -0.480 e. The minimum absolute atomic E-state index is 0.0279. The van der Waals surface area contributed by atoms with Crippen LogP contribution < -0.4 is 0 Å². The van der Waals surface area contributed by atoms with Crippen LogP contribution in [0.2, 0.25) is 0 Å². The zero-order valence-corrected chi connectivity index (χ0v) is 8.26. The summed E-state index contributed by atoms with van der Waals surface area (Å²) in [6.45, 7) is 0.540. The van der Waals surface area contributed by atoms with Crippen molar-refractivity contribution >= 4 is 5.97 Å². The Morgan fingerprint density at radius 1 is 1.47 bits per heavy atom. The number of nitrogens with zero attached hydrogens (tertiary/aromatic N) is 1. The van der Waals surface area contributed by atoms with E-state index in [-0.39, 0.29) is 19.2 Å². The molecule has 1 aromatic rings. The van der Waals surface area contributed by atoms with Crippen molar-refractivity contribution in [2.45, 2.75) is 12.6 Å². The Morgan fingerprint density at radius 2 is 2.20 bits per heavy atom. The first kappa shape index (κ1) is 10.1. The van der Waals surface area contributed by atoms with Crippen LogP contribution in [0, 0.1) is 0 Å². The van der Waals surface area contributed by atoms with Crippen molar-refractivity contribution in [2.75, 3.05) is 13.2 Å². The van der Waals surface area contributed by atoms with Gasteiger partial charge in [0.2, 0.25) is 0 Å². The molecule has 0 aliphatic carbocycles. The Balaban J connectivity index is 2.24. The predicted octanol–water partition coefficient (Wildman–Crippen LogP) is 0.620. The number of carboxylic acids is 1. The van der Waals surface area contributed by atoms with Gasteiger partial charge in [-0.05, 0) is 11.1 Å². The van der Waals surface area contributed by atoms with Crippen LogP contribution in [-0.4, -0.2) is 34.2 Å². The van der Waals surface area contributed by atoms with Gasteiger partial charge >= 0.3 is 5.97 Å². The molecule has 80 valence electrons. The maximum atomic E-state index is 10.6. The highest BCUT2D eigenvalue weighted by molar-refractivity contribution is 5.69. The molecular weight excluding hydrogens is 194 g/mol. The van der Waals surface area contributed by atoms with E-state index in [4.69, 9.17) is 5.11 Å². The monoisotopic (exact) mass is 207 g/mol. The van der Waals surface area contributed by atoms with Crippen molar-refractivity contribution in [3.8, 4) is 0 Å². The van der Waals surface area contributed by atoms with Crippen LogP contribution in [0.5, 0.6) is 0 Å². The first-order chi connectivity index (χ1) is 7.22. The molecule has 4 heteroatoms. The lowest BCUT2D eigenvalue weighted by Crippen LogP contribution is -2.30. The Bertz CT molecular complexity index is 378. The van der Waals surface area contributed by atoms with Gasteiger partial charge in [-0.25, -0.2) is 0 Å². The van der Waals surface area contributed by atoms with E-state index in [2.05, 4.69) is 0 Å². The predicted molar refractivity (Wildman–Crippen MR) is 54.3 cm³/mol. The summed E-state index contributed by atoms with van der Waals surface area (Å²) >= 11 is 0. The van der Waals surface area contributed by atoms with Crippen molar-refractivity contribution in [1.29, 1.82) is 0 Å². The Hall–Kier alpha value is -1.39. The zero-order chi connectivity index (χ0) is 10.8. The third-order valence-electron chi connectivity index (χ3n) is 2.74. The molecule has 1 heterocycles. The highest BCUT2D eigenvalue weighted by atomic mass is 16.4. The molecule has 2 rings (SSSR count). The van der Waals surface area contributed by atoms with Gasteiger partial charge in [0, 0.05) is 6.54 Å². The molecule has 1 atom stereocenters. The van der Waals surface area contributed by atoms with Gasteiger partial charge in [0.15, 0.2) is 0 Å². The number of fused-ring (bicyclic) bond motifs is 1. The van der Waals surface area contributed by atoms with Crippen LogP contribution in [0.1, 0.15) is 17.2 Å². The number of carbonyl (C=O) groups is 1. The minimum atomic E-state index is -0.860. The van der Waals surface area contributed by atoms with Crippen molar-refractivity contribution < 1.29 is 15.0 Å². The molecule has 0 fully saturated rings. The van der Waals surface area contributed by atoms with Crippen LogP contribution in [0.4, 0.5) is 0 Å². The average Bonchev–Trinajstić information content (AvgIpc) is 2.53. The summed E-state index contributed by atoms with van der Waals surface area (Å²) in [4.78, 5) is 12.4. The molecule has 0 saturated carbocycles. The lowest BCUT2D eigenvalue weighted by Gasteiger charge is -2.20. The summed E-state index contributed by atoms with van der Waals surface area (Å²) in [5.74, 6) is -0.860. The normalized spacial score (nSPS) is 20.2. The average molecular weight is 207 g/mol. The van der Waals surface area contributed by atoms with Gasteiger partial charge in [-0.1, -0.05) is 24.3 Å². The van der Waals surface area contributed by atoms with Crippen LogP contribution >= 0.6 is 0 Å². The number of rotatable bonds is 3. The summed E-state index contributed by atoms with van der Waals surface area (Å²) in [6, 6.07) is 7.58. The van der Waals surface area contributed by atoms with Crippen molar-refractivity contribution in [2.24, 2.45) is 0 Å². The zero-order valence-electron chi connectivity index (χ0n) is 8.26. The van der Waals surface area contributed by atoms with Crippen molar-refractivity contribution in [3.63, 3.8) is 0 Å². The fraction of sp³-hybridized carbons (Fsp3) is 0.364. The first-order valence-electron chi connectivity index (χ1n) is 4.87. The molecule has 0 amide bonds. The number of aliphatic hydroxyl groups is 1. The summed E-state index contributed by atoms with van der Waals surface area (Å²) < 4.78 is 0. The quantitative estimate of drug-likeness (QED) is 0.762. The number of carboxylic acid groups (broad SMARTS) is 1. The molecule has 1 unspecified atom stereocenters. The van der Waals surface area contributed by atoms with E-state index in [0.29, 0.717) is 6.54 Å². The molecule has 0 bridgehead atoms. The second kappa shape index (κ2) is 4.00. The highest BCUT2D eigenvalue weighted by Gasteiger charge is 2.30. The second-order valence-electron chi connectivity index (χ2n) is 3.70. The molecule has 0 saturated heterocycles. The third-order valence-corrected chi connectivity index (χ3v) is 2.74. The van der Waals surface area contributed by atoms with Crippen LogP contribution in [0.15, 0.2) is 24.3 Å². The summed E-state index contributed by atoms with van der Waals surface area (Å²) in [7, 11) is 0. The number of hydrogen-bond donors (Lipinski definition) is 2. The van der Waals surface area contributed by atoms with Gasteiger partial charge in [0.1, 0.15) is 0 Å². The molecule has 1 aromatic carbocycles. The number of aliphatic hydroxyl groups excluding tert-OH is 1. The van der Waals surface area contributed by atoms with E-state index < -0.39 is 5.97 Å². The van der Waals surface area contributed by atoms with Gasteiger partial charge in [0.05, 0.1) is 19.2 Å². The third kappa shape index (κ3) is 1.86. The lowest BCUT2D eigenvalue weighted by molar-refractivity contribution is -0.139. The lowest BCUT2D eigenvalue weighted by atomic mass is 10.1. The Kier molecular flexibility index (Phi) is 2.70. The fourth-order valence-corrected chi connectivity index (χ4v) is 2.08.